The van der Waals surface area contributed by atoms with Crippen LogP contribution in [-0.2, 0) is 6.42 Å². The average molecular weight is 297 g/mol. The number of rotatable bonds is 6. The summed E-state index contributed by atoms with van der Waals surface area (Å²) in [6, 6.07) is 15.7. The van der Waals surface area contributed by atoms with Crippen LogP contribution in [0.1, 0.15) is 22.3 Å². The zero-order chi connectivity index (χ0) is 15.8. The first-order chi connectivity index (χ1) is 10.7. The summed E-state index contributed by atoms with van der Waals surface area (Å²) in [5, 5.41) is 14.7. The molecule has 0 saturated heterocycles. The molecule has 0 saturated carbocycles. The Bertz CT molecular complexity index is 684. The second-order valence-electron chi connectivity index (χ2n) is 4.55. The molecule has 2 aromatic rings. The lowest BCUT2D eigenvalue weighted by molar-refractivity contribution is -0.385. The molecular weight excluding hydrogens is 282 g/mol. The van der Waals surface area contributed by atoms with Gasteiger partial charge in [0, 0.05) is 12.3 Å². The number of nitro groups is 1. The van der Waals surface area contributed by atoms with Crippen molar-refractivity contribution in [3.8, 4) is 0 Å². The van der Waals surface area contributed by atoms with Crippen molar-refractivity contribution < 1.29 is 9.72 Å². The first-order valence-electron chi connectivity index (χ1n) is 6.77. The Hall–Kier alpha value is -3.02. The molecule has 0 heterocycles. The van der Waals surface area contributed by atoms with Crippen LogP contribution in [0.15, 0.2) is 59.7 Å². The van der Waals surface area contributed by atoms with E-state index in [0.29, 0.717) is 6.42 Å². The summed E-state index contributed by atoms with van der Waals surface area (Å²) in [5.41, 5.74) is 3.24. The van der Waals surface area contributed by atoms with Crippen molar-refractivity contribution in [1.82, 2.24) is 5.43 Å². The number of hydrogen-bond donors (Lipinski definition) is 1. The van der Waals surface area contributed by atoms with Crippen LogP contribution < -0.4 is 5.43 Å². The molecule has 0 atom stereocenters. The molecule has 0 aromatic heterocycles. The molecule has 0 radical (unpaired) electrons. The molecule has 0 fully saturated rings. The van der Waals surface area contributed by atoms with Gasteiger partial charge < -0.3 is 0 Å². The van der Waals surface area contributed by atoms with Crippen molar-refractivity contribution in [2.75, 3.05) is 0 Å². The molecule has 0 aliphatic carbocycles. The van der Waals surface area contributed by atoms with Crippen molar-refractivity contribution in [3.05, 3.63) is 75.8 Å². The minimum absolute atomic E-state index is 0.00675. The highest BCUT2D eigenvalue weighted by molar-refractivity contribution is 5.98. The smallest absolute Gasteiger partial charge is 0.267 e. The van der Waals surface area contributed by atoms with Gasteiger partial charge in [0.1, 0.15) is 5.56 Å². The first-order valence-corrected chi connectivity index (χ1v) is 6.77. The summed E-state index contributed by atoms with van der Waals surface area (Å²) in [5.74, 6) is -0.594. The highest BCUT2D eigenvalue weighted by atomic mass is 16.6. The molecule has 22 heavy (non-hydrogen) atoms. The average Bonchev–Trinajstić information content (AvgIpc) is 2.55. The van der Waals surface area contributed by atoms with E-state index in [1.807, 2.05) is 30.3 Å². The maximum atomic E-state index is 11.9. The van der Waals surface area contributed by atoms with Gasteiger partial charge in [-0.25, -0.2) is 5.43 Å². The SMILES string of the molecule is O=C(NN=CCCc1ccccc1)c1ccccc1[N+](=O)[O-]. The van der Waals surface area contributed by atoms with E-state index < -0.39 is 10.8 Å². The van der Waals surface area contributed by atoms with Crippen LogP contribution in [-0.4, -0.2) is 17.0 Å². The summed E-state index contributed by atoms with van der Waals surface area (Å²) in [6.45, 7) is 0. The maximum Gasteiger partial charge on any atom is 0.282 e. The number of nitrogens with one attached hydrogen (secondary N) is 1. The minimum Gasteiger partial charge on any atom is -0.267 e. The number of nitrogens with zero attached hydrogens (tertiary/aromatic N) is 2. The Morgan fingerprint density at radius 2 is 1.82 bits per heavy atom. The Labute approximate surface area is 127 Å². The molecule has 2 rings (SSSR count). The van der Waals surface area contributed by atoms with E-state index in [-0.39, 0.29) is 11.3 Å². The number of aryl methyl sites for hydroxylation is 1. The molecule has 0 spiro atoms. The van der Waals surface area contributed by atoms with Crippen LogP contribution in [0.4, 0.5) is 5.69 Å². The van der Waals surface area contributed by atoms with Gasteiger partial charge in [-0.3, -0.25) is 14.9 Å². The van der Waals surface area contributed by atoms with Crippen LogP contribution in [0, 0.1) is 10.1 Å². The van der Waals surface area contributed by atoms with Crippen LogP contribution in [0.2, 0.25) is 0 Å². The van der Waals surface area contributed by atoms with Gasteiger partial charge in [-0.05, 0) is 24.5 Å². The summed E-state index contributed by atoms with van der Waals surface area (Å²) in [7, 11) is 0. The standard InChI is InChI=1S/C16H15N3O3/c20-16(14-10-4-5-11-15(14)19(21)22)18-17-12-6-9-13-7-2-1-3-8-13/h1-5,7-8,10-12H,6,9H2,(H,18,20). The van der Waals surface area contributed by atoms with E-state index >= 15 is 0 Å². The van der Waals surface area contributed by atoms with E-state index in [4.69, 9.17) is 0 Å². The van der Waals surface area contributed by atoms with Gasteiger partial charge >= 0.3 is 0 Å². The zero-order valence-corrected chi connectivity index (χ0v) is 11.8. The third-order valence-corrected chi connectivity index (χ3v) is 3.01. The Balaban J connectivity index is 1.88. The van der Waals surface area contributed by atoms with Gasteiger partial charge in [0.05, 0.1) is 4.92 Å². The second-order valence-corrected chi connectivity index (χ2v) is 4.55. The molecule has 0 aliphatic heterocycles. The van der Waals surface area contributed by atoms with E-state index in [0.717, 1.165) is 6.42 Å². The summed E-state index contributed by atoms with van der Waals surface area (Å²) < 4.78 is 0. The maximum absolute atomic E-state index is 11.9. The van der Waals surface area contributed by atoms with Gasteiger partial charge in [-0.1, -0.05) is 42.5 Å². The summed E-state index contributed by atoms with van der Waals surface area (Å²) in [4.78, 5) is 22.1. The molecule has 2 aromatic carbocycles. The van der Waals surface area contributed by atoms with Crippen molar-refractivity contribution in [1.29, 1.82) is 0 Å². The van der Waals surface area contributed by atoms with Gasteiger partial charge in [0.25, 0.3) is 11.6 Å². The molecular formula is C16H15N3O3. The predicted molar refractivity (Wildman–Crippen MR) is 83.8 cm³/mol. The predicted octanol–water partition coefficient (Wildman–Crippen LogP) is 2.94. The third kappa shape index (κ3) is 4.24. The monoisotopic (exact) mass is 297 g/mol. The van der Waals surface area contributed by atoms with Gasteiger partial charge in [-0.15, -0.1) is 0 Å². The fraction of sp³-hybridized carbons (Fsp3) is 0.125. The minimum atomic E-state index is -0.594. The van der Waals surface area contributed by atoms with Crippen LogP contribution >= 0.6 is 0 Å². The van der Waals surface area contributed by atoms with Crippen LogP contribution in [0.5, 0.6) is 0 Å². The third-order valence-electron chi connectivity index (χ3n) is 3.01. The van der Waals surface area contributed by atoms with Crippen molar-refractivity contribution in [3.63, 3.8) is 0 Å². The van der Waals surface area contributed by atoms with Gasteiger partial charge in [0.2, 0.25) is 0 Å². The fourth-order valence-corrected chi connectivity index (χ4v) is 1.93. The highest BCUT2D eigenvalue weighted by Gasteiger charge is 2.18. The van der Waals surface area contributed by atoms with E-state index in [2.05, 4.69) is 10.5 Å². The number of amides is 1. The van der Waals surface area contributed by atoms with Gasteiger partial charge in [0.15, 0.2) is 0 Å². The number of benzene rings is 2. The highest BCUT2D eigenvalue weighted by Crippen LogP contribution is 2.17. The largest absolute Gasteiger partial charge is 0.282 e. The molecule has 1 N–H and O–H groups in total. The molecule has 1 amide bonds. The lowest BCUT2D eigenvalue weighted by Crippen LogP contribution is -2.18. The quantitative estimate of drug-likeness (QED) is 0.505. The number of hydrazone groups is 1. The normalized spacial score (nSPS) is 10.5. The Kier molecular flexibility index (Phi) is 5.37. The van der Waals surface area contributed by atoms with Crippen LogP contribution in [0.25, 0.3) is 0 Å². The van der Waals surface area contributed by atoms with E-state index in [9.17, 15) is 14.9 Å². The summed E-state index contributed by atoms with van der Waals surface area (Å²) >= 11 is 0. The lowest BCUT2D eigenvalue weighted by atomic mass is 10.1. The molecule has 0 bridgehead atoms. The van der Waals surface area contributed by atoms with E-state index in [1.54, 1.807) is 12.3 Å². The molecule has 0 aliphatic rings. The molecule has 6 nitrogen and oxygen atoms in total. The lowest BCUT2D eigenvalue weighted by Gasteiger charge is -2.01. The number of carbonyl (C=O) groups is 1. The molecule has 0 unspecified atom stereocenters. The van der Waals surface area contributed by atoms with Gasteiger partial charge in [-0.2, -0.15) is 5.10 Å². The zero-order valence-electron chi connectivity index (χ0n) is 11.8. The number of nitro benzene ring substituents is 1. The molecule has 6 heteroatoms. The first kappa shape index (κ1) is 15.4. The second kappa shape index (κ2) is 7.68. The number of para-hydroxylation sites is 1. The molecule has 112 valence electrons. The Morgan fingerprint density at radius 1 is 1.14 bits per heavy atom. The van der Waals surface area contributed by atoms with Crippen molar-refractivity contribution in [2.45, 2.75) is 12.8 Å². The summed E-state index contributed by atoms with van der Waals surface area (Å²) in [6.07, 6.45) is 3.06. The topological polar surface area (TPSA) is 84.6 Å². The van der Waals surface area contributed by atoms with Crippen molar-refractivity contribution >= 4 is 17.8 Å². The van der Waals surface area contributed by atoms with E-state index in [1.165, 1.54) is 23.8 Å². The van der Waals surface area contributed by atoms with Crippen LogP contribution in [0.3, 0.4) is 0 Å². The number of hydrogen-bond acceptors (Lipinski definition) is 4. The number of carbonyl (C=O) groups excluding carboxylic acids is 1. The van der Waals surface area contributed by atoms with Crippen molar-refractivity contribution in [2.24, 2.45) is 5.10 Å². The Morgan fingerprint density at radius 3 is 2.55 bits per heavy atom. The fourth-order valence-electron chi connectivity index (χ4n) is 1.93.